The van der Waals surface area contributed by atoms with E-state index in [1.807, 2.05) is 38.2 Å². The van der Waals surface area contributed by atoms with Crippen molar-refractivity contribution in [1.82, 2.24) is 20.0 Å². The van der Waals surface area contributed by atoms with Gasteiger partial charge in [0.05, 0.1) is 17.8 Å². The van der Waals surface area contributed by atoms with Crippen LogP contribution in [0.4, 0.5) is 4.79 Å². The fraction of sp³-hybridized carbons (Fsp3) is 0.750. The topological polar surface area (TPSA) is 59.4 Å². The molecule has 3 atom stereocenters. The lowest BCUT2D eigenvalue weighted by Crippen LogP contribution is -2.45. The number of urea groups is 1. The molecule has 2 fully saturated rings. The number of nitrogens with one attached hydrogen (secondary N) is 1. The van der Waals surface area contributed by atoms with Crippen molar-refractivity contribution in [2.24, 2.45) is 12.5 Å². The molecule has 1 N–H and O–H groups in total. The molecule has 2 aliphatic rings. The quantitative estimate of drug-likeness (QED) is 0.926. The van der Waals surface area contributed by atoms with Crippen molar-refractivity contribution in [1.29, 1.82) is 0 Å². The zero-order valence-corrected chi connectivity index (χ0v) is 13.7. The first-order valence-electron chi connectivity index (χ1n) is 8.13. The Bertz CT molecular complexity index is 532. The minimum absolute atomic E-state index is 0.0370. The fourth-order valence-corrected chi connectivity index (χ4v) is 3.89. The molecule has 0 aromatic carbocycles. The average Bonchev–Trinajstić information content (AvgIpc) is 3.13. The highest BCUT2D eigenvalue weighted by atomic mass is 16.5. The second-order valence-corrected chi connectivity index (χ2v) is 6.81. The zero-order chi connectivity index (χ0) is 15.7. The van der Waals surface area contributed by atoms with Crippen molar-refractivity contribution >= 4 is 6.03 Å². The Morgan fingerprint density at radius 2 is 2.45 bits per heavy atom. The number of carbonyl (C=O) groups excluding carboxylic acids is 1. The molecular weight excluding hydrogens is 280 g/mol. The van der Waals surface area contributed by atoms with Gasteiger partial charge in [0.25, 0.3) is 0 Å². The molecule has 6 nitrogen and oxygen atoms in total. The lowest BCUT2D eigenvalue weighted by Gasteiger charge is -2.33. The molecule has 122 valence electrons. The van der Waals surface area contributed by atoms with E-state index in [9.17, 15) is 4.79 Å². The third-order valence-electron chi connectivity index (χ3n) is 5.16. The first-order valence-corrected chi connectivity index (χ1v) is 8.13. The van der Waals surface area contributed by atoms with Crippen LogP contribution in [-0.4, -0.2) is 47.0 Å². The molecule has 2 heterocycles. The highest BCUT2D eigenvalue weighted by Crippen LogP contribution is 2.47. The van der Waals surface area contributed by atoms with E-state index in [0.717, 1.165) is 31.7 Å². The van der Waals surface area contributed by atoms with E-state index in [1.165, 1.54) is 12.8 Å². The van der Waals surface area contributed by atoms with E-state index >= 15 is 0 Å². The van der Waals surface area contributed by atoms with Crippen LogP contribution in [0.3, 0.4) is 0 Å². The Balaban J connectivity index is 1.58. The maximum atomic E-state index is 12.4. The zero-order valence-electron chi connectivity index (χ0n) is 13.7. The van der Waals surface area contributed by atoms with Gasteiger partial charge in [-0.05, 0) is 32.3 Å². The van der Waals surface area contributed by atoms with Crippen LogP contribution in [0.5, 0.6) is 0 Å². The molecule has 1 saturated carbocycles. The third kappa shape index (κ3) is 2.84. The van der Waals surface area contributed by atoms with E-state index in [1.54, 1.807) is 4.68 Å². The van der Waals surface area contributed by atoms with Crippen molar-refractivity contribution in [2.45, 2.75) is 44.8 Å². The van der Waals surface area contributed by atoms with Crippen molar-refractivity contribution in [2.75, 3.05) is 20.2 Å². The predicted molar refractivity (Wildman–Crippen MR) is 83.4 cm³/mol. The minimum Gasteiger partial charge on any atom is -0.378 e. The van der Waals surface area contributed by atoms with Crippen LogP contribution in [0.15, 0.2) is 12.3 Å². The number of hydrogen-bond acceptors (Lipinski definition) is 3. The highest BCUT2D eigenvalue weighted by molar-refractivity contribution is 5.74. The van der Waals surface area contributed by atoms with Crippen LogP contribution in [-0.2, 0) is 11.8 Å². The molecule has 0 bridgehead atoms. The van der Waals surface area contributed by atoms with Gasteiger partial charge >= 0.3 is 6.03 Å². The summed E-state index contributed by atoms with van der Waals surface area (Å²) in [6.45, 7) is 3.58. The largest absolute Gasteiger partial charge is 0.378 e. The number of aromatic nitrogens is 2. The van der Waals surface area contributed by atoms with Gasteiger partial charge in [-0.1, -0.05) is 6.42 Å². The molecule has 0 spiro atoms. The number of fused-ring (bicyclic) bond motifs is 1. The summed E-state index contributed by atoms with van der Waals surface area (Å²) in [6.07, 6.45) is 6.83. The Morgan fingerprint density at radius 3 is 3.18 bits per heavy atom. The van der Waals surface area contributed by atoms with Gasteiger partial charge in [-0.15, -0.1) is 0 Å². The fourth-order valence-electron chi connectivity index (χ4n) is 3.89. The summed E-state index contributed by atoms with van der Waals surface area (Å²) in [5.41, 5.74) is 1.06. The van der Waals surface area contributed by atoms with Crippen LogP contribution >= 0.6 is 0 Å². The number of carbonyl (C=O) groups is 1. The number of ether oxygens (including phenoxy) is 1. The maximum absolute atomic E-state index is 12.4. The van der Waals surface area contributed by atoms with Gasteiger partial charge in [0.2, 0.25) is 0 Å². The van der Waals surface area contributed by atoms with E-state index in [4.69, 9.17) is 4.74 Å². The van der Waals surface area contributed by atoms with Crippen molar-refractivity contribution < 1.29 is 9.53 Å². The van der Waals surface area contributed by atoms with Crippen LogP contribution in [0, 0.1) is 5.41 Å². The second-order valence-electron chi connectivity index (χ2n) is 6.81. The SMILES string of the molecule is CC(NC(=O)N(C)C[C@]12CCC[C@H]1OCC2)c1ccn(C)n1. The van der Waals surface area contributed by atoms with Crippen LogP contribution in [0.25, 0.3) is 0 Å². The van der Waals surface area contributed by atoms with Crippen LogP contribution in [0.1, 0.15) is 44.3 Å². The molecule has 6 heteroatoms. The summed E-state index contributed by atoms with van der Waals surface area (Å²) in [4.78, 5) is 14.3. The Morgan fingerprint density at radius 1 is 1.64 bits per heavy atom. The first-order chi connectivity index (χ1) is 10.5. The number of nitrogens with zero attached hydrogens (tertiary/aromatic N) is 3. The number of aryl methyl sites for hydroxylation is 1. The van der Waals surface area contributed by atoms with Gasteiger partial charge < -0.3 is 15.0 Å². The normalized spacial score (nSPS) is 28.4. The molecule has 1 aromatic heterocycles. The average molecular weight is 306 g/mol. The lowest BCUT2D eigenvalue weighted by atomic mass is 9.82. The Hall–Kier alpha value is -1.56. The number of rotatable bonds is 4. The van der Waals surface area contributed by atoms with Gasteiger partial charge in [0.1, 0.15) is 0 Å². The molecule has 3 rings (SSSR count). The van der Waals surface area contributed by atoms with Crippen molar-refractivity contribution in [3.8, 4) is 0 Å². The van der Waals surface area contributed by atoms with Gasteiger partial charge in [-0.3, -0.25) is 4.68 Å². The summed E-state index contributed by atoms with van der Waals surface area (Å²) < 4.78 is 7.59. The molecule has 22 heavy (non-hydrogen) atoms. The van der Waals surface area contributed by atoms with Crippen LogP contribution < -0.4 is 5.32 Å². The van der Waals surface area contributed by atoms with Gasteiger partial charge in [0.15, 0.2) is 0 Å². The standard InChI is InChI=1S/C16H26N4O2/c1-12(13-6-9-20(3)18-13)17-15(21)19(2)11-16-7-4-5-14(16)22-10-8-16/h6,9,12,14H,4-5,7-8,10-11H2,1-3H3,(H,17,21)/t12?,14-,16-/m1/s1. The summed E-state index contributed by atoms with van der Waals surface area (Å²) in [6, 6.07) is 1.81. The molecule has 2 amide bonds. The van der Waals surface area contributed by atoms with Crippen molar-refractivity contribution in [3.05, 3.63) is 18.0 Å². The first kappa shape index (κ1) is 15.3. The third-order valence-corrected chi connectivity index (χ3v) is 5.16. The van der Waals surface area contributed by atoms with Crippen molar-refractivity contribution in [3.63, 3.8) is 0 Å². The smallest absolute Gasteiger partial charge is 0.317 e. The number of amides is 2. The summed E-state index contributed by atoms with van der Waals surface area (Å²) in [5.74, 6) is 0. The number of hydrogen-bond donors (Lipinski definition) is 1. The lowest BCUT2D eigenvalue weighted by molar-refractivity contribution is 0.0584. The minimum atomic E-state index is -0.0900. The summed E-state index contributed by atoms with van der Waals surface area (Å²) >= 11 is 0. The van der Waals surface area contributed by atoms with E-state index < -0.39 is 0 Å². The molecule has 1 aliphatic heterocycles. The van der Waals surface area contributed by atoms with Gasteiger partial charge in [0, 0.05) is 38.9 Å². The van der Waals surface area contributed by atoms with E-state index in [2.05, 4.69) is 10.4 Å². The van der Waals surface area contributed by atoms with Crippen LogP contribution in [0.2, 0.25) is 0 Å². The molecule has 1 aromatic rings. The molecular formula is C16H26N4O2. The summed E-state index contributed by atoms with van der Waals surface area (Å²) in [7, 11) is 3.76. The Kier molecular flexibility index (Phi) is 4.12. The van der Waals surface area contributed by atoms with Gasteiger partial charge in [-0.25, -0.2) is 4.79 Å². The molecule has 1 unspecified atom stereocenters. The molecule has 0 radical (unpaired) electrons. The molecule has 1 saturated heterocycles. The second kappa shape index (κ2) is 5.91. The predicted octanol–water partition coefficient (Wildman–Crippen LogP) is 2.08. The monoisotopic (exact) mass is 306 g/mol. The highest BCUT2D eigenvalue weighted by Gasteiger charge is 2.48. The van der Waals surface area contributed by atoms with E-state index in [0.29, 0.717) is 6.10 Å². The Labute approximate surface area is 131 Å². The van der Waals surface area contributed by atoms with Gasteiger partial charge in [-0.2, -0.15) is 5.10 Å². The van der Waals surface area contributed by atoms with E-state index in [-0.39, 0.29) is 17.5 Å². The molecule has 1 aliphatic carbocycles. The maximum Gasteiger partial charge on any atom is 0.317 e. The summed E-state index contributed by atoms with van der Waals surface area (Å²) in [5, 5.41) is 7.37.